The van der Waals surface area contributed by atoms with Crippen LogP contribution in [0.15, 0.2) is 30.3 Å². The van der Waals surface area contributed by atoms with Crippen molar-refractivity contribution in [3.05, 3.63) is 44.6 Å². The van der Waals surface area contributed by atoms with E-state index >= 15 is 0 Å². The summed E-state index contributed by atoms with van der Waals surface area (Å²) in [6.45, 7) is 1.83. The van der Waals surface area contributed by atoms with E-state index in [9.17, 15) is 13.2 Å². The standard InChI is InChI=1S/C13H10Cl2F3NOS/c1-7(10-6-11(14)21-12(10)15)19-8-3-2-4-9(5-8)20-13(16,17)18/h2-7,19H,1H3. The molecular weight excluding hydrogens is 346 g/mol. The number of anilines is 1. The molecule has 1 N–H and O–H groups in total. The lowest BCUT2D eigenvalue weighted by atomic mass is 10.1. The van der Waals surface area contributed by atoms with Gasteiger partial charge in [0.2, 0.25) is 0 Å². The fourth-order valence-electron chi connectivity index (χ4n) is 1.76. The molecule has 1 aromatic heterocycles. The quantitative estimate of drug-likeness (QED) is 0.712. The van der Waals surface area contributed by atoms with Crippen LogP contribution in [0.3, 0.4) is 0 Å². The molecule has 21 heavy (non-hydrogen) atoms. The van der Waals surface area contributed by atoms with Crippen LogP contribution in [0.5, 0.6) is 5.75 Å². The molecule has 1 atom stereocenters. The Morgan fingerprint density at radius 1 is 1.24 bits per heavy atom. The van der Waals surface area contributed by atoms with Crippen LogP contribution < -0.4 is 10.1 Å². The molecule has 1 heterocycles. The van der Waals surface area contributed by atoms with Gasteiger partial charge in [-0.15, -0.1) is 24.5 Å². The third-order valence-electron chi connectivity index (χ3n) is 2.60. The van der Waals surface area contributed by atoms with Gasteiger partial charge < -0.3 is 10.1 Å². The monoisotopic (exact) mass is 355 g/mol. The first-order valence-electron chi connectivity index (χ1n) is 5.81. The number of halogens is 5. The van der Waals surface area contributed by atoms with Crippen molar-refractivity contribution in [1.29, 1.82) is 0 Å². The molecule has 2 rings (SSSR count). The van der Waals surface area contributed by atoms with E-state index in [4.69, 9.17) is 23.2 Å². The topological polar surface area (TPSA) is 21.3 Å². The third kappa shape index (κ3) is 4.69. The van der Waals surface area contributed by atoms with E-state index in [1.165, 1.54) is 29.5 Å². The number of ether oxygens (including phenoxy) is 1. The van der Waals surface area contributed by atoms with Crippen molar-refractivity contribution in [2.24, 2.45) is 0 Å². The second kappa shape index (κ2) is 6.34. The van der Waals surface area contributed by atoms with Gasteiger partial charge in [0.15, 0.2) is 0 Å². The largest absolute Gasteiger partial charge is 0.573 e. The van der Waals surface area contributed by atoms with E-state index in [1.54, 1.807) is 12.1 Å². The van der Waals surface area contributed by atoms with Crippen molar-refractivity contribution in [2.45, 2.75) is 19.3 Å². The van der Waals surface area contributed by atoms with Gasteiger partial charge in [-0.3, -0.25) is 0 Å². The van der Waals surface area contributed by atoms with Crippen LogP contribution in [0.1, 0.15) is 18.5 Å². The zero-order chi connectivity index (χ0) is 15.6. The Kier molecular flexibility index (Phi) is 4.91. The summed E-state index contributed by atoms with van der Waals surface area (Å²) in [6.07, 6.45) is -4.71. The SMILES string of the molecule is CC(Nc1cccc(OC(F)(F)F)c1)c1cc(Cl)sc1Cl. The van der Waals surface area contributed by atoms with E-state index in [1.807, 2.05) is 6.92 Å². The molecule has 0 aliphatic heterocycles. The molecule has 0 amide bonds. The molecule has 2 nitrogen and oxygen atoms in total. The van der Waals surface area contributed by atoms with Crippen molar-refractivity contribution in [3.8, 4) is 5.75 Å². The van der Waals surface area contributed by atoms with Crippen LogP contribution in [0.4, 0.5) is 18.9 Å². The molecule has 1 unspecified atom stereocenters. The number of alkyl halides is 3. The van der Waals surface area contributed by atoms with Gasteiger partial charge in [-0.2, -0.15) is 0 Å². The highest BCUT2D eigenvalue weighted by Gasteiger charge is 2.31. The Balaban J connectivity index is 2.12. The van der Waals surface area contributed by atoms with Gasteiger partial charge >= 0.3 is 6.36 Å². The van der Waals surface area contributed by atoms with E-state index in [-0.39, 0.29) is 11.8 Å². The molecule has 0 bridgehead atoms. The maximum absolute atomic E-state index is 12.2. The predicted molar refractivity (Wildman–Crippen MR) is 79.5 cm³/mol. The van der Waals surface area contributed by atoms with E-state index < -0.39 is 6.36 Å². The average molecular weight is 356 g/mol. The summed E-state index contributed by atoms with van der Waals surface area (Å²) in [5.74, 6) is -0.283. The number of benzene rings is 1. The molecule has 1 aromatic carbocycles. The highest BCUT2D eigenvalue weighted by molar-refractivity contribution is 7.20. The van der Waals surface area contributed by atoms with Crippen LogP contribution >= 0.6 is 34.5 Å². The van der Waals surface area contributed by atoms with Gasteiger partial charge in [0, 0.05) is 17.3 Å². The van der Waals surface area contributed by atoms with Crippen molar-refractivity contribution >= 4 is 40.2 Å². The minimum atomic E-state index is -4.71. The van der Waals surface area contributed by atoms with E-state index in [0.717, 1.165) is 5.56 Å². The van der Waals surface area contributed by atoms with Gasteiger partial charge in [-0.05, 0) is 25.1 Å². The van der Waals surface area contributed by atoms with Gasteiger partial charge in [-0.25, -0.2) is 0 Å². The van der Waals surface area contributed by atoms with Crippen LogP contribution in [-0.2, 0) is 0 Å². The molecule has 0 saturated heterocycles. The predicted octanol–water partition coefficient (Wildman–Crippen LogP) is 6.13. The molecule has 8 heteroatoms. The number of nitrogens with one attached hydrogen (secondary N) is 1. The zero-order valence-electron chi connectivity index (χ0n) is 10.7. The minimum Gasteiger partial charge on any atom is -0.406 e. The van der Waals surface area contributed by atoms with Crippen LogP contribution in [0.25, 0.3) is 0 Å². The zero-order valence-corrected chi connectivity index (χ0v) is 13.0. The van der Waals surface area contributed by atoms with Gasteiger partial charge in [0.1, 0.15) is 5.75 Å². The highest BCUT2D eigenvalue weighted by atomic mass is 35.5. The highest BCUT2D eigenvalue weighted by Crippen LogP contribution is 2.36. The Bertz CT molecular complexity index is 630. The van der Waals surface area contributed by atoms with Crippen molar-refractivity contribution in [3.63, 3.8) is 0 Å². The third-order valence-corrected chi connectivity index (χ3v) is 4.12. The summed E-state index contributed by atoms with van der Waals surface area (Å²) < 4.78 is 41.5. The summed E-state index contributed by atoms with van der Waals surface area (Å²) in [4.78, 5) is 0. The maximum atomic E-state index is 12.2. The van der Waals surface area contributed by atoms with Gasteiger partial charge in [0.25, 0.3) is 0 Å². The molecular formula is C13H10Cl2F3NOS. The first-order chi connectivity index (χ1) is 9.74. The Hall–Kier alpha value is -1.11. The molecule has 0 fully saturated rings. The summed E-state index contributed by atoms with van der Waals surface area (Å²) in [7, 11) is 0. The number of hydrogen-bond acceptors (Lipinski definition) is 3. The Morgan fingerprint density at radius 3 is 2.52 bits per heavy atom. The lowest BCUT2D eigenvalue weighted by Crippen LogP contribution is -2.17. The molecule has 2 aromatic rings. The minimum absolute atomic E-state index is 0.206. The Labute approximate surface area is 133 Å². The molecule has 0 aliphatic carbocycles. The van der Waals surface area contributed by atoms with Crippen LogP contribution in [0.2, 0.25) is 8.67 Å². The van der Waals surface area contributed by atoms with Crippen LogP contribution in [0, 0.1) is 0 Å². The molecule has 0 saturated carbocycles. The summed E-state index contributed by atoms with van der Waals surface area (Å²) >= 11 is 13.2. The summed E-state index contributed by atoms with van der Waals surface area (Å²) in [6, 6.07) is 7.13. The number of hydrogen-bond donors (Lipinski definition) is 1. The van der Waals surface area contributed by atoms with Gasteiger partial charge in [-0.1, -0.05) is 29.3 Å². The fraction of sp³-hybridized carbons (Fsp3) is 0.231. The van der Waals surface area contributed by atoms with E-state index in [0.29, 0.717) is 14.4 Å². The molecule has 0 aliphatic rings. The first kappa shape index (κ1) is 16.3. The number of thiophene rings is 1. The maximum Gasteiger partial charge on any atom is 0.573 e. The molecule has 0 radical (unpaired) electrons. The van der Waals surface area contributed by atoms with Crippen molar-refractivity contribution < 1.29 is 17.9 Å². The normalized spacial score (nSPS) is 13.0. The van der Waals surface area contributed by atoms with E-state index in [2.05, 4.69) is 10.1 Å². The lowest BCUT2D eigenvalue weighted by Gasteiger charge is -2.16. The van der Waals surface area contributed by atoms with Crippen LogP contribution in [-0.4, -0.2) is 6.36 Å². The molecule has 0 spiro atoms. The lowest BCUT2D eigenvalue weighted by molar-refractivity contribution is -0.274. The summed E-state index contributed by atoms with van der Waals surface area (Å²) in [5.41, 5.74) is 1.27. The molecule has 114 valence electrons. The van der Waals surface area contributed by atoms with Crippen molar-refractivity contribution in [2.75, 3.05) is 5.32 Å². The Morgan fingerprint density at radius 2 is 1.95 bits per heavy atom. The number of rotatable bonds is 4. The second-order valence-corrected chi connectivity index (χ2v) is 6.51. The smallest absolute Gasteiger partial charge is 0.406 e. The van der Waals surface area contributed by atoms with Crippen molar-refractivity contribution in [1.82, 2.24) is 0 Å². The first-order valence-corrected chi connectivity index (χ1v) is 7.39. The average Bonchev–Trinajstić information content (AvgIpc) is 2.66. The fourth-order valence-corrected chi connectivity index (χ4v) is 3.40. The van der Waals surface area contributed by atoms with Gasteiger partial charge in [0.05, 0.1) is 14.7 Å². The summed E-state index contributed by atoms with van der Waals surface area (Å²) in [5, 5.41) is 3.05. The second-order valence-electron chi connectivity index (χ2n) is 4.22.